The van der Waals surface area contributed by atoms with E-state index in [1.165, 1.54) is 36.5 Å². The molecule has 230 valence electrons. The number of hydrogen-bond acceptors (Lipinski definition) is 5. The highest BCUT2D eigenvalue weighted by Gasteiger charge is 2.48. The van der Waals surface area contributed by atoms with Gasteiger partial charge in [-0.2, -0.15) is 5.26 Å². The number of amides is 3. The van der Waals surface area contributed by atoms with Crippen LogP contribution in [0.15, 0.2) is 60.8 Å². The SMILES string of the molecule is C.N#Cc1ccnc(N2C(=O)CCC[C@H]2C(=O)N(c2cc(F)cc(F)c2)[C@H](C(=O)NC2CC(F)(F)C2)c2ccccc2Cl)c1. The van der Waals surface area contributed by atoms with Gasteiger partial charge in [-0.15, -0.1) is 0 Å². The van der Waals surface area contributed by atoms with Crippen LogP contribution >= 0.6 is 11.6 Å². The van der Waals surface area contributed by atoms with Crippen molar-refractivity contribution in [2.24, 2.45) is 0 Å². The summed E-state index contributed by atoms with van der Waals surface area (Å²) in [6.45, 7) is 0. The topological polar surface area (TPSA) is 106 Å². The minimum Gasteiger partial charge on any atom is -0.351 e. The Morgan fingerprint density at radius 2 is 1.80 bits per heavy atom. The maximum atomic E-state index is 14.6. The van der Waals surface area contributed by atoms with Gasteiger partial charge in [0, 0.05) is 48.2 Å². The summed E-state index contributed by atoms with van der Waals surface area (Å²) in [6, 6.07) is 9.03. The summed E-state index contributed by atoms with van der Waals surface area (Å²) in [5, 5.41) is 11.9. The number of aromatic nitrogens is 1. The van der Waals surface area contributed by atoms with Crippen molar-refractivity contribution in [1.82, 2.24) is 10.3 Å². The highest BCUT2D eigenvalue weighted by Crippen LogP contribution is 2.40. The summed E-state index contributed by atoms with van der Waals surface area (Å²) < 4.78 is 56.4. The van der Waals surface area contributed by atoms with Gasteiger partial charge in [0.2, 0.25) is 11.8 Å². The molecule has 1 saturated heterocycles. The molecule has 1 N–H and O–H groups in total. The quantitative estimate of drug-likeness (QED) is 0.318. The van der Waals surface area contributed by atoms with Gasteiger partial charge in [0.1, 0.15) is 29.5 Å². The number of nitrogens with zero attached hydrogens (tertiary/aromatic N) is 4. The van der Waals surface area contributed by atoms with E-state index in [9.17, 15) is 37.2 Å². The average molecular weight is 630 g/mol. The normalized spacial score (nSPS) is 18.3. The summed E-state index contributed by atoms with van der Waals surface area (Å²) in [4.78, 5) is 47.7. The van der Waals surface area contributed by atoms with Crippen LogP contribution < -0.4 is 15.1 Å². The zero-order valence-electron chi connectivity index (χ0n) is 22.4. The smallest absolute Gasteiger partial charge is 0.252 e. The number of carbonyl (C=O) groups excluding carboxylic acids is 3. The Morgan fingerprint density at radius 1 is 1.11 bits per heavy atom. The lowest BCUT2D eigenvalue weighted by atomic mass is 9.87. The van der Waals surface area contributed by atoms with E-state index >= 15 is 0 Å². The fourth-order valence-corrected chi connectivity index (χ4v) is 5.63. The minimum absolute atomic E-state index is 0. The first-order chi connectivity index (χ1) is 20.5. The minimum atomic E-state index is -2.97. The molecule has 0 spiro atoms. The molecule has 2 atom stereocenters. The maximum Gasteiger partial charge on any atom is 0.252 e. The van der Waals surface area contributed by atoms with E-state index < -0.39 is 66.2 Å². The van der Waals surface area contributed by atoms with Crippen LogP contribution in [0.4, 0.5) is 29.1 Å². The van der Waals surface area contributed by atoms with Crippen molar-refractivity contribution in [1.29, 1.82) is 5.26 Å². The number of piperidine rings is 1. The third-order valence-corrected chi connectivity index (χ3v) is 7.71. The fourth-order valence-electron chi connectivity index (χ4n) is 5.39. The monoisotopic (exact) mass is 629 g/mol. The third kappa shape index (κ3) is 6.68. The molecule has 1 saturated carbocycles. The van der Waals surface area contributed by atoms with Gasteiger partial charge in [-0.3, -0.25) is 24.2 Å². The van der Waals surface area contributed by atoms with Crippen LogP contribution in [0.1, 0.15) is 56.7 Å². The van der Waals surface area contributed by atoms with Crippen molar-refractivity contribution in [3.8, 4) is 6.07 Å². The van der Waals surface area contributed by atoms with Gasteiger partial charge in [0.25, 0.3) is 11.8 Å². The molecule has 3 aromatic rings. The fraction of sp³-hybridized carbons (Fsp3) is 0.323. The van der Waals surface area contributed by atoms with Crippen LogP contribution in [0.3, 0.4) is 0 Å². The van der Waals surface area contributed by atoms with Crippen LogP contribution in [0, 0.1) is 23.0 Å². The Bertz CT molecular complexity index is 1600. The molecule has 0 radical (unpaired) electrons. The second-order valence-electron chi connectivity index (χ2n) is 10.4. The number of hydrogen-bond donors (Lipinski definition) is 1. The maximum absolute atomic E-state index is 14.6. The van der Waals surface area contributed by atoms with Crippen molar-refractivity contribution in [3.05, 3.63) is 88.6 Å². The summed E-state index contributed by atoms with van der Waals surface area (Å²) in [7, 11) is 0. The van der Waals surface area contributed by atoms with E-state index in [0.29, 0.717) is 6.07 Å². The van der Waals surface area contributed by atoms with Crippen LogP contribution in [0.5, 0.6) is 0 Å². The number of anilines is 2. The third-order valence-electron chi connectivity index (χ3n) is 7.36. The Hall–Kier alpha value is -4.50. The van der Waals surface area contributed by atoms with E-state index in [1.807, 2.05) is 6.07 Å². The zero-order valence-corrected chi connectivity index (χ0v) is 23.2. The first-order valence-corrected chi connectivity index (χ1v) is 13.8. The van der Waals surface area contributed by atoms with Crippen LogP contribution in [-0.4, -0.2) is 40.7 Å². The Kier molecular flexibility index (Phi) is 9.59. The molecule has 2 aromatic carbocycles. The summed E-state index contributed by atoms with van der Waals surface area (Å²) >= 11 is 6.47. The highest BCUT2D eigenvalue weighted by atomic mass is 35.5. The van der Waals surface area contributed by atoms with Crippen molar-refractivity contribution in [2.75, 3.05) is 9.80 Å². The molecule has 1 aromatic heterocycles. The lowest BCUT2D eigenvalue weighted by Gasteiger charge is -2.41. The van der Waals surface area contributed by atoms with Crippen LogP contribution in [0.25, 0.3) is 0 Å². The molecule has 2 aliphatic rings. The van der Waals surface area contributed by atoms with Gasteiger partial charge >= 0.3 is 0 Å². The molecule has 1 aliphatic heterocycles. The van der Waals surface area contributed by atoms with E-state index in [0.717, 1.165) is 21.9 Å². The van der Waals surface area contributed by atoms with Crippen molar-refractivity contribution in [2.45, 2.75) is 63.6 Å². The number of halogens is 5. The summed E-state index contributed by atoms with van der Waals surface area (Å²) in [5.41, 5.74) is -0.133. The number of benzene rings is 2. The number of nitrogens with one attached hydrogen (secondary N) is 1. The Balaban J connectivity index is 0.00000442. The van der Waals surface area contributed by atoms with Gasteiger partial charge in [-0.25, -0.2) is 22.5 Å². The molecule has 2 fully saturated rings. The standard InChI is InChI=1S/C30H24ClF4N5O3.CH4/c31-23-5-2-1-4-22(23)27(28(42)38-20-14-30(34,35)15-20)39(21-12-18(32)11-19(33)13-21)29(43)24-6-3-7-26(41)40(24)25-10-17(16-36)8-9-37-25;/h1-2,4-5,8-13,20,24,27H,3,6-7,14-15H2,(H,38,42);1H4/t24-,27-;/m0./s1. The first-order valence-electron chi connectivity index (χ1n) is 13.4. The van der Waals surface area contributed by atoms with E-state index in [1.54, 1.807) is 6.07 Å². The predicted molar refractivity (Wildman–Crippen MR) is 155 cm³/mol. The Morgan fingerprint density at radius 3 is 2.43 bits per heavy atom. The molecular formula is C31H28ClF4N5O3. The van der Waals surface area contributed by atoms with Gasteiger partial charge in [0.05, 0.1) is 17.3 Å². The van der Waals surface area contributed by atoms with Gasteiger partial charge in [0.15, 0.2) is 0 Å². The molecule has 5 rings (SSSR count). The largest absolute Gasteiger partial charge is 0.351 e. The molecule has 3 amide bonds. The molecule has 2 heterocycles. The van der Waals surface area contributed by atoms with Crippen LogP contribution in [-0.2, 0) is 14.4 Å². The summed E-state index contributed by atoms with van der Waals surface area (Å²) in [6.07, 6.45) is 0.468. The molecule has 1 aliphatic carbocycles. The van der Waals surface area contributed by atoms with Gasteiger partial charge in [-0.05, 0) is 43.2 Å². The lowest BCUT2D eigenvalue weighted by Crippen LogP contribution is -2.58. The van der Waals surface area contributed by atoms with Crippen molar-refractivity contribution >= 4 is 40.8 Å². The molecular weight excluding hydrogens is 602 g/mol. The number of carbonyl (C=O) groups is 3. The van der Waals surface area contributed by atoms with Gasteiger partial charge < -0.3 is 5.32 Å². The molecule has 44 heavy (non-hydrogen) atoms. The molecule has 0 bridgehead atoms. The Labute approximate surface area is 256 Å². The molecule has 8 nitrogen and oxygen atoms in total. The second kappa shape index (κ2) is 13.0. The highest BCUT2D eigenvalue weighted by molar-refractivity contribution is 6.31. The van der Waals surface area contributed by atoms with Crippen LogP contribution in [0.2, 0.25) is 5.02 Å². The predicted octanol–water partition coefficient (Wildman–Crippen LogP) is 6.09. The lowest BCUT2D eigenvalue weighted by molar-refractivity contribution is -0.133. The van der Waals surface area contributed by atoms with Gasteiger partial charge in [-0.1, -0.05) is 37.2 Å². The van der Waals surface area contributed by atoms with E-state index in [2.05, 4.69) is 10.3 Å². The van der Waals surface area contributed by atoms with E-state index in [4.69, 9.17) is 11.6 Å². The zero-order chi connectivity index (χ0) is 30.9. The summed E-state index contributed by atoms with van der Waals surface area (Å²) in [5.74, 6) is -7.37. The van der Waals surface area contributed by atoms with Crippen molar-refractivity contribution in [3.63, 3.8) is 0 Å². The van der Waals surface area contributed by atoms with Crippen molar-refractivity contribution < 1.29 is 31.9 Å². The average Bonchev–Trinajstić information content (AvgIpc) is 2.94. The second-order valence-corrected chi connectivity index (χ2v) is 10.8. The number of nitriles is 1. The number of rotatable bonds is 7. The first kappa shape index (κ1) is 32.4. The number of alkyl halides is 2. The molecule has 13 heteroatoms. The van der Waals surface area contributed by atoms with E-state index in [-0.39, 0.29) is 54.3 Å². The molecule has 0 unspecified atom stereocenters. The number of pyridine rings is 1.